The Balaban J connectivity index is 1.44. The number of rotatable bonds is 10. The summed E-state index contributed by atoms with van der Waals surface area (Å²) in [4.78, 5) is 6.88. The van der Waals surface area contributed by atoms with E-state index < -0.39 is 0 Å². The summed E-state index contributed by atoms with van der Waals surface area (Å²) in [7, 11) is 7.01. The summed E-state index contributed by atoms with van der Waals surface area (Å²) in [5, 5.41) is 7.02. The van der Waals surface area contributed by atoms with E-state index >= 15 is 0 Å². The number of aliphatic imine (C=N–C) groups is 1. The summed E-state index contributed by atoms with van der Waals surface area (Å²) in [6.07, 6.45) is 6.04. The van der Waals surface area contributed by atoms with Crippen LogP contribution in [0.3, 0.4) is 0 Å². The van der Waals surface area contributed by atoms with Crippen molar-refractivity contribution >= 4 is 5.96 Å². The van der Waals surface area contributed by atoms with Crippen molar-refractivity contribution in [2.45, 2.75) is 38.6 Å². The molecule has 2 N–H and O–H groups in total. The van der Waals surface area contributed by atoms with Crippen molar-refractivity contribution in [3.05, 3.63) is 23.3 Å². The van der Waals surface area contributed by atoms with E-state index in [1.807, 2.05) is 7.05 Å². The fraction of sp³-hybridized carbons (Fsp3) is 0.696. The number of fused-ring (bicyclic) bond motifs is 1. The molecule has 7 nitrogen and oxygen atoms in total. The maximum Gasteiger partial charge on any atom is 0.191 e. The number of hydrogen-bond donors (Lipinski definition) is 2. The molecule has 30 heavy (non-hydrogen) atoms. The lowest BCUT2D eigenvalue weighted by atomic mass is 9.67. The zero-order chi connectivity index (χ0) is 21.4. The van der Waals surface area contributed by atoms with Gasteiger partial charge in [0.2, 0.25) is 0 Å². The molecule has 1 saturated carbocycles. The molecular formula is C23H38N4O3. The predicted molar refractivity (Wildman–Crippen MR) is 121 cm³/mol. The zero-order valence-electron chi connectivity index (χ0n) is 19.1. The van der Waals surface area contributed by atoms with Crippen molar-refractivity contribution in [3.8, 4) is 11.5 Å². The summed E-state index contributed by atoms with van der Waals surface area (Å²) >= 11 is 0. The monoisotopic (exact) mass is 418 g/mol. The van der Waals surface area contributed by atoms with Crippen LogP contribution in [0.4, 0.5) is 0 Å². The molecule has 1 aliphatic heterocycles. The second kappa shape index (κ2) is 10.9. The molecule has 1 aromatic rings. The highest BCUT2D eigenvalue weighted by Gasteiger charge is 2.36. The molecule has 0 radical (unpaired) electrons. The molecule has 0 spiro atoms. The van der Waals surface area contributed by atoms with E-state index in [2.05, 4.69) is 32.7 Å². The number of guanidine groups is 1. The number of benzene rings is 1. The summed E-state index contributed by atoms with van der Waals surface area (Å²) in [6.45, 7) is 5.63. The average Bonchev–Trinajstić information content (AvgIpc) is 2.75. The van der Waals surface area contributed by atoms with Crippen molar-refractivity contribution in [2.24, 2.45) is 10.4 Å². The Morgan fingerprint density at radius 1 is 1.10 bits per heavy atom. The van der Waals surface area contributed by atoms with E-state index in [0.717, 1.165) is 69.6 Å². The summed E-state index contributed by atoms with van der Waals surface area (Å²) in [6, 6.07) is 4.24. The second-order valence-corrected chi connectivity index (χ2v) is 8.45. The lowest BCUT2D eigenvalue weighted by Gasteiger charge is -2.42. The van der Waals surface area contributed by atoms with Crippen molar-refractivity contribution in [1.29, 1.82) is 0 Å². The number of nitrogens with zero attached hydrogens (tertiary/aromatic N) is 2. The molecule has 1 heterocycles. The highest BCUT2D eigenvalue weighted by Crippen LogP contribution is 2.43. The third-order valence-electron chi connectivity index (χ3n) is 6.62. The lowest BCUT2D eigenvalue weighted by Crippen LogP contribution is -2.48. The first-order chi connectivity index (χ1) is 14.6. The van der Waals surface area contributed by atoms with Gasteiger partial charge in [-0.3, -0.25) is 9.89 Å². The van der Waals surface area contributed by atoms with Gasteiger partial charge in [0, 0.05) is 53.5 Å². The van der Waals surface area contributed by atoms with Gasteiger partial charge in [-0.2, -0.15) is 0 Å². The minimum absolute atomic E-state index is 0.379. The zero-order valence-corrected chi connectivity index (χ0v) is 19.1. The van der Waals surface area contributed by atoms with Crippen LogP contribution in [0.2, 0.25) is 0 Å². The molecule has 0 saturated heterocycles. The van der Waals surface area contributed by atoms with Gasteiger partial charge in [-0.25, -0.2) is 0 Å². The Morgan fingerprint density at radius 3 is 2.43 bits per heavy atom. The molecule has 0 bridgehead atoms. The summed E-state index contributed by atoms with van der Waals surface area (Å²) in [5.74, 6) is 2.51. The molecule has 0 amide bonds. The van der Waals surface area contributed by atoms with Crippen LogP contribution in [0.15, 0.2) is 17.1 Å². The molecule has 1 fully saturated rings. The number of nitrogens with one attached hydrogen (secondary N) is 2. The first kappa shape index (κ1) is 22.7. The lowest BCUT2D eigenvalue weighted by molar-refractivity contribution is 0.0732. The van der Waals surface area contributed by atoms with Gasteiger partial charge in [-0.05, 0) is 54.4 Å². The Bertz CT molecular complexity index is 719. The van der Waals surface area contributed by atoms with Crippen molar-refractivity contribution in [3.63, 3.8) is 0 Å². The minimum Gasteiger partial charge on any atom is -0.493 e. The predicted octanol–water partition coefficient (Wildman–Crippen LogP) is 2.43. The van der Waals surface area contributed by atoms with Gasteiger partial charge in [-0.1, -0.05) is 6.42 Å². The molecule has 0 unspecified atom stereocenters. The van der Waals surface area contributed by atoms with Gasteiger partial charge in [0.25, 0.3) is 0 Å². The number of hydrogen-bond acceptors (Lipinski definition) is 5. The highest BCUT2D eigenvalue weighted by molar-refractivity contribution is 5.79. The minimum atomic E-state index is 0.379. The third-order valence-corrected chi connectivity index (χ3v) is 6.62. The van der Waals surface area contributed by atoms with E-state index in [-0.39, 0.29) is 0 Å². The van der Waals surface area contributed by atoms with Gasteiger partial charge >= 0.3 is 0 Å². The topological polar surface area (TPSA) is 67.4 Å². The molecular weight excluding hydrogens is 380 g/mol. The van der Waals surface area contributed by atoms with Crippen LogP contribution in [-0.2, 0) is 17.7 Å². The smallest absolute Gasteiger partial charge is 0.191 e. The van der Waals surface area contributed by atoms with Gasteiger partial charge in [-0.15, -0.1) is 0 Å². The maximum absolute atomic E-state index is 5.47. The number of methoxy groups -OCH3 is 3. The molecule has 3 rings (SSSR count). The number of ether oxygens (including phenoxy) is 3. The first-order valence-electron chi connectivity index (χ1n) is 11.0. The molecule has 1 aliphatic carbocycles. The van der Waals surface area contributed by atoms with Gasteiger partial charge in [0.1, 0.15) is 0 Å². The molecule has 168 valence electrons. The molecule has 7 heteroatoms. The Morgan fingerprint density at radius 2 is 1.83 bits per heavy atom. The van der Waals surface area contributed by atoms with Crippen molar-refractivity contribution in [1.82, 2.24) is 15.5 Å². The van der Waals surface area contributed by atoms with Crippen LogP contribution in [0.1, 0.15) is 36.8 Å². The Labute approximate surface area is 181 Å². The summed E-state index contributed by atoms with van der Waals surface area (Å²) < 4.78 is 16.2. The Hall–Kier alpha value is -1.99. The van der Waals surface area contributed by atoms with Crippen LogP contribution in [0.25, 0.3) is 0 Å². The average molecular weight is 419 g/mol. The van der Waals surface area contributed by atoms with Crippen LogP contribution in [0, 0.1) is 5.41 Å². The van der Waals surface area contributed by atoms with E-state index in [4.69, 9.17) is 14.2 Å². The van der Waals surface area contributed by atoms with E-state index in [9.17, 15) is 0 Å². The van der Waals surface area contributed by atoms with Crippen LogP contribution < -0.4 is 20.1 Å². The molecule has 2 aliphatic rings. The largest absolute Gasteiger partial charge is 0.493 e. The van der Waals surface area contributed by atoms with E-state index in [1.165, 1.54) is 30.4 Å². The fourth-order valence-corrected chi connectivity index (χ4v) is 4.47. The standard InChI is InChI=1S/C23H38N4O3/c1-24-22(26-17-23(7-5-8-23)9-13-28-2)25-10-12-27-11-6-18-14-20(29-3)21(30-4)15-19(18)16-27/h14-15H,5-13,16-17H2,1-4H3,(H2,24,25,26). The van der Waals surface area contributed by atoms with Crippen molar-refractivity contribution in [2.75, 3.05) is 61.2 Å². The fourth-order valence-electron chi connectivity index (χ4n) is 4.47. The highest BCUT2D eigenvalue weighted by atomic mass is 16.5. The maximum atomic E-state index is 5.47. The van der Waals surface area contributed by atoms with E-state index in [0.29, 0.717) is 5.41 Å². The Kier molecular flexibility index (Phi) is 8.22. The van der Waals surface area contributed by atoms with Crippen LogP contribution in [-0.4, -0.2) is 72.0 Å². The molecule has 0 atom stereocenters. The second-order valence-electron chi connectivity index (χ2n) is 8.45. The normalized spacial score (nSPS) is 18.3. The summed E-state index contributed by atoms with van der Waals surface area (Å²) in [5.41, 5.74) is 3.06. The van der Waals surface area contributed by atoms with Gasteiger partial charge in [0.05, 0.1) is 14.2 Å². The quantitative estimate of drug-likeness (QED) is 0.449. The van der Waals surface area contributed by atoms with Crippen LogP contribution >= 0.6 is 0 Å². The third kappa shape index (κ3) is 5.58. The van der Waals surface area contributed by atoms with Gasteiger partial charge < -0.3 is 24.8 Å². The van der Waals surface area contributed by atoms with E-state index in [1.54, 1.807) is 21.3 Å². The molecule has 0 aromatic heterocycles. The molecule has 1 aromatic carbocycles. The first-order valence-corrected chi connectivity index (χ1v) is 11.0. The van der Waals surface area contributed by atoms with Gasteiger partial charge in [0.15, 0.2) is 17.5 Å². The van der Waals surface area contributed by atoms with Crippen LogP contribution in [0.5, 0.6) is 11.5 Å². The van der Waals surface area contributed by atoms with Crippen molar-refractivity contribution < 1.29 is 14.2 Å². The SMILES string of the molecule is CN=C(NCCN1CCc2cc(OC)c(OC)cc2C1)NCC1(CCOC)CCC1.